The fraction of sp³-hybridized carbons (Fsp3) is 0.973. The van der Waals surface area contributed by atoms with Crippen LogP contribution in [0, 0.1) is 41.4 Å². The Bertz CT molecular complexity index is 563. The highest BCUT2D eigenvalue weighted by molar-refractivity contribution is 9.10. The van der Waals surface area contributed by atoms with Gasteiger partial charge in [-0.15, -0.1) is 0 Å². The van der Waals surface area contributed by atoms with Gasteiger partial charge in [-0.25, -0.2) is 0 Å². The number of carbonyl (C=O) groups is 1. The molecule has 0 aromatic heterocycles. The Hall–Kier alpha value is -0.0500. The molecule has 0 saturated carbocycles. The molecule has 240 valence electrons. The van der Waals surface area contributed by atoms with Gasteiger partial charge in [0, 0.05) is 0 Å². The first-order valence-electron chi connectivity index (χ1n) is 17.7. The molecule has 2 nitrogen and oxygen atoms in total. The number of hydrogen-bond donors (Lipinski definition) is 0. The van der Waals surface area contributed by atoms with Crippen molar-refractivity contribution in [1.82, 2.24) is 0 Å². The maximum atomic E-state index is 13.2. The molecule has 40 heavy (non-hydrogen) atoms. The lowest BCUT2D eigenvalue weighted by Crippen LogP contribution is -2.31. The molecule has 0 fully saturated rings. The lowest BCUT2D eigenvalue weighted by molar-refractivity contribution is -0.152. The molecule has 0 rings (SSSR count). The van der Waals surface area contributed by atoms with Crippen LogP contribution in [0.5, 0.6) is 0 Å². The van der Waals surface area contributed by atoms with Gasteiger partial charge in [0.05, 0.1) is 0 Å². The number of rotatable bonds is 26. The Morgan fingerprint density at radius 3 is 1.25 bits per heavy atom. The van der Waals surface area contributed by atoms with Gasteiger partial charge in [0.15, 0.2) is 0 Å². The SMILES string of the molecule is CCCC(Br)C(=O)OC(CCC(C)CCCC(C)C)C(CCC(C)CCCC(C)C)CCC(C)CCCC(C)C. The smallest absolute Gasteiger partial charge is 0.319 e. The van der Waals surface area contributed by atoms with Gasteiger partial charge in [0.1, 0.15) is 10.9 Å². The second-order valence-corrected chi connectivity index (χ2v) is 16.1. The quantitative estimate of drug-likeness (QED) is 0.0703. The molecular formula is C37H73BrO2. The standard InChI is InChI=1S/C37H73BrO2/c1-11-15-35(38)37(39)40-36(27-24-33(10)21-14-18-30(6)7)34(25-22-31(8)19-12-16-28(2)3)26-23-32(9)20-13-17-29(4)5/h28-36H,11-27H2,1-10H3. The van der Waals surface area contributed by atoms with E-state index in [2.05, 4.69) is 85.2 Å². The summed E-state index contributed by atoms with van der Waals surface area (Å²) in [5.41, 5.74) is 0. The van der Waals surface area contributed by atoms with E-state index in [9.17, 15) is 4.79 Å². The van der Waals surface area contributed by atoms with Crippen LogP contribution in [0.25, 0.3) is 0 Å². The van der Waals surface area contributed by atoms with Crippen molar-refractivity contribution in [3.8, 4) is 0 Å². The Morgan fingerprint density at radius 2 is 0.900 bits per heavy atom. The van der Waals surface area contributed by atoms with Gasteiger partial charge in [-0.05, 0) is 73.5 Å². The van der Waals surface area contributed by atoms with Crippen molar-refractivity contribution in [3.05, 3.63) is 0 Å². The molecule has 0 aliphatic rings. The number of halogens is 1. The Labute approximate surface area is 261 Å². The van der Waals surface area contributed by atoms with Crippen molar-refractivity contribution in [2.75, 3.05) is 0 Å². The zero-order valence-electron chi connectivity index (χ0n) is 28.9. The minimum Gasteiger partial charge on any atom is -0.461 e. The lowest BCUT2D eigenvalue weighted by Gasteiger charge is -2.31. The highest BCUT2D eigenvalue weighted by Gasteiger charge is 2.29. The van der Waals surface area contributed by atoms with Crippen molar-refractivity contribution >= 4 is 21.9 Å². The van der Waals surface area contributed by atoms with Crippen LogP contribution in [-0.4, -0.2) is 16.9 Å². The Morgan fingerprint density at radius 1 is 0.525 bits per heavy atom. The average molecular weight is 630 g/mol. The summed E-state index contributed by atoms with van der Waals surface area (Å²) in [6, 6.07) is 0. The van der Waals surface area contributed by atoms with Gasteiger partial charge < -0.3 is 4.74 Å². The Kier molecular flexibility index (Phi) is 24.4. The lowest BCUT2D eigenvalue weighted by atomic mass is 9.82. The third-order valence-electron chi connectivity index (χ3n) is 9.03. The van der Waals surface area contributed by atoms with E-state index in [1.165, 1.54) is 89.9 Å². The van der Waals surface area contributed by atoms with Crippen molar-refractivity contribution in [2.45, 2.75) is 189 Å². The summed E-state index contributed by atoms with van der Waals surface area (Å²) in [5, 5.41) is 0. The predicted molar refractivity (Wildman–Crippen MR) is 182 cm³/mol. The largest absolute Gasteiger partial charge is 0.461 e. The van der Waals surface area contributed by atoms with Gasteiger partial charge in [-0.3, -0.25) is 4.79 Å². The minimum absolute atomic E-state index is 0.0284. The van der Waals surface area contributed by atoms with Crippen LogP contribution >= 0.6 is 15.9 Å². The van der Waals surface area contributed by atoms with Crippen LogP contribution < -0.4 is 0 Å². The van der Waals surface area contributed by atoms with Crippen molar-refractivity contribution in [3.63, 3.8) is 0 Å². The minimum atomic E-state index is -0.172. The first-order valence-corrected chi connectivity index (χ1v) is 18.6. The Balaban J connectivity index is 5.46. The molecule has 0 aliphatic heterocycles. The van der Waals surface area contributed by atoms with Gasteiger partial charge >= 0.3 is 5.97 Å². The van der Waals surface area contributed by atoms with Crippen LogP contribution in [-0.2, 0) is 9.53 Å². The monoisotopic (exact) mass is 628 g/mol. The van der Waals surface area contributed by atoms with E-state index < -0.39 is 0 Å². The molecule has 0 aliphatic carbocycles. The first-order chi connectivity index (χ1) is 18.8. The van der Waals surface area contributed by atoms with Crippen molar-refractivity contribution < 1.29 is 9.53 Å². The van der Waals surface area contributed by atoms with E-state index in [0.29, 0.717) is 11.8 Å². The number of alkyl halides is 1. The third kappa shape index (κ3) is 22.5. The maximum absolute atomic E-state index is 13.2. The molecule has 5 atom stereocenters. The molecule has 0 aromatic rings. The normalized spacial score (nSPS) is 16.8. The second kappa shape index (κ2) is 24.4. The summed E-state index contributed by atoms with van der Waals surface area (Å²) in [4.78, 5) is 13.0. The molecular weight excluding hydrogens is 556 g/mol. The molecule has 3 heteroatoms. The number of hydrogen-bond acceptors (Lipinski definition) is 2. The van der Waals surface area contributed by atoms with Crippen molar-refractivity contribution in [2.24, 2.45) is 41.4 Å². The number of esters is 1. The third-order valence-corrected chi connectivity index (χ3v) is 9.86. The molecule has 0 heterocycles. The summed E-state index contributed by atoms with van der Waals surface area (Å²) >= 11 is 3.64. The second-order valence-electron chi connectivity index (χ2n) is 15.0. The zero-order chi connectivity index (χ0) is 30.5. The summed E-state index contributed by atoms with van der Waals surface area (Å²) in [7, 11) is 0. The van der Waals surface area contributed by atoms with E-state index in [1.807, 2.05) is 0 Å². The van der Waals surface area contributed by atoms with Crippen molar-refractivity contribution in [1.29, 1.82) is 0 Å². The molecule has 5 unspecified atom stereocenters. The van der Waals surface area contributed by atoms with Gasteiger partial charge in [0.2, 0.25) is 0 Å². The molecule has 0 N–H and O–H groups in total. The predicted octanol–water partition coefficient (Wildman–Crippen LogP) is 12.8. The van der Waals surface area contributed by atoms with Crippen LogP contribution in [0.4, 0.5) is 0 Å². The van der Waals surface area contributed by atoms with E-state index in [1.54, 1.807) is 0 Å². The number of ether oxygens (including phenoxy) is 1. The maximum Gasteiger partial charge on any atom is 0.319 e. The van der Waals surface area contributed by atoms with Crippen LogP contribution in [0.1, 0.15) is 178 Å². The summed E-state index contributed by atoms with van der Waals surface area (Å²) in [6.45, 7) is 23.4. The van der Waals surface area contributed by atoms with Gasteiger partial charge in [-0.1, -0.05) is 162 Å². The van der Waals surface area contributed by atoms with Gasteiger partial charge in [0.25, 0.3) is 0 Å². The van der Waals surface area contributed by atoms with Crippen LogP contribution in [0.3, 0.4) is 0 Å². The van der Waals surface area contributed by atoms with E-state index in [0.717, 1.165) is 48.9 Å². The summed E-state index contributed by atoms with van der Waals surface area (Å²) in [5.74, 6) is 5.02. The highest BCUT2D eigenvalue weighted by Crippen LogP contribution is 2.32. The zero-order valence-corrected chi connectivity index (χ0v) is 30.5. The van der Waals surface area contributed by atoms with E-state index in [4.69, 9.17) is 4.74 Å². The highest BCUT2D eigenvalue weighted by atomic mass is 79.9. The summed E-state index contributed by atoms with van der Waals surface area (Å²) in [6.07, 6.45) is 20.9. The van der Waals surface area contributed by atoms with Crippen LogP contribution in [0.15, 0.2) is 0 Å². The first kappa shape index (κ1) is 40.0. The van der Waals surface area contributed by atoms with Crippen LogP contribution in [0.2, 0.25) is 0 Å². The van der Waals surface area contributed by atoms with E-state index >= 15 is 0 Å². The molecule has 0 spiro atoms. The average Bonchev–Trinajstić information content (AvgIpc) is 2.86. The molecule has 0 saturated heterocycles. The molecule has 0 radical (unpaired) electrons. The summed E-state index contributed by atoms with van der Waals surface area (Å²) < 4.78 is 6.42. The molecule has 0 amide bonds. The molecule has 0 aromatic carbocycles. The molecule has 0 bridgehead atoms. The fourth-order valence-corrected chi connectivity index (χ4v) is 6.57. The topological polar surface area (TPSA) is 26.3 Å². The fourth-order valence-electron chi connectivity index (χ4n) is 6.00. The number of carbonyl (C=O) groups excluding carboxylic acids is 1. The van der Waals surface area contributed by atoms with Gasteiger partial charge in [-0.2, -0.15) is 0 Å². The van der Waals surface area contributed by atoms with E-state index in [-0.39, 0.29) is 16.9 Å².